The number of hydrogen-bond donors (Lipinski definition) is 1. The quantitative estimate of drug-likeness (QED) is 0.657. The van der Waals surface area contributed by atoms with Gasteiger partial charge in [0.2, 0.25) is 0 Å². The lowest BCUT2D eigenvalue weighted by Crippen LogP contribution is -2.41. The minimum absolute atomic E-state index is 0.0672. The predicted molar refractivity (Wildman–Crippen MR) is 52.4 cm³/mol. The van der Waals surface area contributed by atoms with E-state index in [1.165, 1.54) is 12.8 Å². The van der Waals surface area contributed by atoms with Crippen LogP contribution in [0, 0.1) is 5.92 Å². The average molecular weight is 198 g/mol. The van der Waals surface area contributed by atoms with E-state index in [0.717, 1.165) is 6.42 Å². The Morgan fingerprint density at radius 3 is 3.07 bits per heavy atom. The van der Waals surface area contributed by atoms with E-state index in [9.17, 15) is 4.79 Å². The first-order valence-corrected chi connectivity index (χ1v) is 5.39. The lowest BCUT2D eigenvalue weighted by Gasteiger charge is -2.20. The first kappa shape index (κ1) is 9.93. The molecule has 0 amide bonds. The third-order valence-electron chi connectivity index (χ3n) is 3.29. The van der Waals surface area contributed by atoms with Crippen LogP contribution in [-0.2, 0) is 9.53 Å². The van der Waals surface area contributed by atoms with Gasteiger partial charge in [-0.3, -0.25) is 10.2 Å². The third-order valence-corrected chi connectivity index (χ3v) is 3.29. The molecule has 2 fully saturated rings. The van der Waals surface area contributed by atoms with Crippen LogP contribution in [0.5, 0.6) is 0 Å². The molecule has 4 nitrogen and oxygen atoms in total. The lowest BCUT2D eigenvalue weighted by atomic mass is 9.97. The average Bonchev–Trinajstić information content (AvgIpc) is 2.63. The van der Waals surface area contributed by atoms with Crippen LogP contribution in [0.3, 0.4) is 0 Å². The molecular weight excluding hydrogens is 180 g/mol. The van der Waals surface area contributed by atoms with Crippen molar-refractivity contribution in [1.29, 1.82) is 0 Å². The number of likely N-dealkylation sites (N-methyl/N-ethyl adjacent to an activating group) is 1. The number of rotatable bonds is 2. The fourth-order valence-corrected chi connectivity index (χ4v) is 2.72. The van der Waals surface area contributed by atoms with Crippen molar-refractivity contribution in [3.05, 3.63) is 0 Å². The third kappa shape index (κ3) is 1.53. The summed E-state index contributed by atoms with van der Waals surface area (Å²) in [6, 6.07) is 0.428. The Kier molecular flexibility index (Phi) is 2.74. The Morgan fingerprint density at radius 2 is 2.36 bits per heavy atom. The Balaban J connectivity index is 2.05. The van der Waals surface area contributed by atoms with E-state index < -0.39 is 0 Å². The lowest BCUT2D eigenvalue weighted by molar-refractivity contribution is -0.149. The highest BCUT2D eigenvalue weighted by Gasteiger charge is 2.46. The van der Waals surface area contributed by atoms with E-state index >= 15 is 0 Å². The zero-order chi connectivity index (χ0) is 10.1. The summed E-state index contributed by atoms with van der Waals surface area (Å²) >= 11 is 0. The Hall–Kier alpha value is -0.610. The fourth-order valence-electron chi connectivity index (χ4n) is 2.72. The van der Waals surface area contributed by atoms with E-state index in [0.29, 0.717) is 18.6 Å². The van der Waals surface area contributed by atoms with Crippen LogP contribution in [0.25, 0.3) is 0 Å². The van der Waals surface area contributed by atoms with Crippen molar-refractivity contribution in [2.45, 2.75) is 38.3 Å². The van der Waals surface area contributed by atoms with Crippen molar-refractivity contribution in [1.82, 2.24) is 10.4 Å². The number of ether oxygens (including phenoxy) is 1. The van der Waals surface area contributed by atoms with Crippen LogP contribution < -0.4 is 5.43 Å². The smallest absolute Gasteiger partial charge is 0.325 e. The Bertz CT molecular complexity index is 232. The number of nitrogens with one attached hydrogen (secondary N) is 1. The predicted octanol–water partition coefficient (Wildman–Crippen LogP) is 0.537. The molecule has 1 saturated heterocycles. The molecule has 0 radical (unpaired) electrons. The second-order valence-electron chi connectivity index (χ2n) is 4.14. The summed E-state index contributed by atoms with van der Waals surface area (Å²) in [5, 5.41) is 1.92. The molecule has 14 heavy (non-hydrogen) atoms. The molecule has 2 aliphatic rings. The molecule has 3 unspecified atom stereocenters. The highest BCUT2D eigenvalue weighted by Crippen LogP contribution is 2.35. The second-order valence-corrected chi connectivity index (χ2v) is 4.14. The van der Waals surface area contributed by atoms with Crippen molar-refractivity contribution in [2.24, 2.45) is 5.92 Å². The summed E-state index contributed by atoms with van der Waals surface area (Å²) in [5.41, 5.74) is 3.34. The van der Waals surface area contributed by atoms with Crippen molar-refractivity contribution >= 4 is 5.97 Å². The number of carbonyl (C=O) groups is 1. The minimum Gasteiger partial charge on any atom is -0.465 e. The topological polar surface area (TPSA) is 41.6 Å². The normalized spacial score (nSPS) is 37.1. The minimum atomic E-state index is -0.0723. The van der Waals surface area contributed by atoms with Crippen molar-refractivity contribution in [2.75, 3.05) is 13.7 Å². The highest BCUT2D eigenvalue weighted by atomic mass is 16.5. The van der Waals surface area contributed by atoms with E-state index in [4.69, 9.17) is 4.74 Å². The number of hydrogen-bond acceptors (Lipinski definition) is 4. The van der Waals surface area contributed by atoms with Gasteiger partial charge >= 0.3 is 5.97 Å². The first-order chi connectivity index (χ1) is 6.74. The van der Waals surface area contributed by atoms with Gasteiger partial charge in [0.05, 0.1) is 6.61 Å². The van der Waals surface area contributed by atoms with Gasteiger partial charge in [0, 0.05) is 19.0 Å². The van der Waals surface area contributed by atoms with Crippen LogP contribution in [0.15, 0.2) is 0 Å². The first-order valence-electron chi connectivity index (χ1n) is 5.39. The van der Waals surface area contributed by atoms with Crippen molar-refractivity contribution in [3.63, 3.8) is 0 Å². The second kappa shape index (κ2) is 3.87. The molecule has 1 aliphatic carbocycles. The molecule has 3 atom stereocenters. The molecule has 4 heteroatoms. The van der Waals surface area contributed by atoms with Gasteiger partial charge in [-0.2, -0.15) is 0 Å². The molecule has 1 N–H and O–H groups in total. The molecule has 0 aromatic rings. The maximum atomic E-state index is 11.7. The van der Waals surface area contributed by atoms with E-state index in [1.54, 1.807) is 0 Å². The van der Waals surface area contributed by atoms with Gasteiger partial charge in [0.1, 0.15) is 6.04 Å². The van der Waals surface area contributed by atoms with Gasteiger partial charge in [0.25, 0.3) is 0 Å². The van der Waals surface area contributed by atoms with Crippen LogP contribution in [0.4, 0.5) is 0 Å². The van der Waals surface area contributed by atoms with E-state index in [1.807, 2.05) is 19.0 Å². The largest absolute Gasteiger partial charge is 0.465 e. The molecule has 0 bridgehead atoms. The molecule has 1 heterocycles. The zero-order valence-electron chi connectivity index (χ0n) is 8.82. The van der Waals surface area contributed by atoms with Crippen molar-refractivity contribution in [3.8, 4) is 0 Å². The summed E-state index contributed by atoms with van der Waals surface area (Å²) in [5.74, 6) is 0.385. The van der Waals surface area contributed by atoms with Crippen molar-refractivity contribution < 1.29 is 9.53 Å². The standard InChI is InChI=1S/C10H18N2O2/c1-3-14-10(13)9-7-5-4-6-8(7)11-12(9)2/h7-9,11H,3-6H2,1-2H3. The van der Waals surface area contributed by atoms with E-state index in [2.05, 4.69) is 5.43 Å². The summed E-state index contributed by atoms with van der Waals surface area (Å²) in [4.78, 5) is 11.7. The Labute approximate surface area is 84.6 Å². The summed E-state index contributed by atoms with van der Waals surface area (Å²) < 4.78 is 5.08. The SMILES string of the molecule is CCOC(=O)C1C2CCCC2NN1C. The number of hydrazine groups is 1. The van der Waals surface area contributed by atoms with Gasteiger partial charge in [-0.05, 0) is 19.8 Å². The van der Waals surface area contributed by atoms with Gasteiger partial charge in [-0.25, -0.2) is 5.01 Å². The monoisotopic (exact) mass is 198 g/mol. The van der Waals surface area contributed by atoms with Gasteiger partial charge < -0.3 is 4.74 Å². The summed E-state index contributed by atoms with van der Waals surface area (Å²) in [6.07, 6.45) is 3.56. The van der Waals surface area contributed by atoms with Crippen LogP contribution in [-0.4, -0.2) is 36.7 Å². The molecule has 80 valence electrons. The molecule has 1 saturated carbocycles. The van der Waals surface area contributed by atoms with Gasteiger partial charge in [-0.1, -0.05) is 6.42 Å². The van der Waals surface area contributed by atoms with Gasteiger partial charge in [-0.15, -0.1) is 0 Å². The molecular formula is C10H18N2O2. The molecule has 2 rings (SSSR count). The maximum absolute atomic E-state index is 11.7. The summed E-state index contributed by atoms with van der Waals surface area (Å²) in [7, 11) is 1.93. The van der Waals surface area contributed by atoms with Crippen LogP contribution >= 0.6 is 0 Å². The summed E-state index contributed by atoms with van der Waals surface area (Å²) in [6.45, 7) is 2.33. The van der Waals surface area contributed by atoms with Gasteiger partial charge in [0.15, 0.2) is 0 Å². The van der Waals surface area contributed by atoms with E-state index in [-0.39, 0.29) is 12.0 Å². The molecule has 0 spiro atoms. The van der Waals surface area contributed by atoms with Crippen LogP contribution in [0.2, 0.25) is 0 Å². The zero-order valence-corrected chi connectivity index (χ0v) is 8.82. The number of nitrogens with zero attached hydrogens (tertiary/aromatic N) is 1. The number of fused-ring (bicyclic) bond motifs is 1. The number of esters is 1. The van der Waals surface area contributed by atoms with Crippen LogP contribution in [0.1, 0.15) is 26.2 Å². The highest BCUT2D eigenvalue weighted by molar-refractivity contribution is 5.76. The molecule has 0 aromatic carbocycles. The number of carbonyl (C=O) groups excluding carboxylic acids is 1. The molecule has 0 aromatic heterocycles. The fraction of sp³-hybridized carbons (Fsp3) is 0.900. The maximum Gasteiger partial charge on any atom is 0.325 e. The molecule has 1 aliphatic heterocycles. The Morgan fingerprint density at radius 1 is 1.57 bits per heavy atom.